The van der Waals surface area contributed by atoms with Crippen LogP contribution < -0.4 is 102 Å². The van der Waals surface area contributed by atoms with E-state index in [1.165, 1.54) is 25.3 Å². The van der Waals surface area contributed by atoms with Gasteiger partial charge >= 0.3 is 130 Å². The molecule has 536 valence electrons. The zero-order valence-electron chi connectivity index (χ0n) is 61.1. The third kappa shape index (κ3) is 884. The van der Waals surface area contributed by atoms with E-state index in [0.29, 0.717) is 0 Å². The Kier molecular flexibility index (Phi) is 251. The van der Waals surface area contributed by atoms with Gasteiger partial charge in [0.25, 0.3) is 0 Å². The molecule has 0 spiro atoms. The molecular formula is C58H114N14O16Ti6. The van der Waals surface area contributed by atoms with Crippen molar-refractivity contribution >= 4 is 0 Å². The van der Waals surface area contributed by atoms with E-state index in [4.69, 9.17) is 0 Å². The average Bonchev–Trinajstić information content (AvgIpc) is 4.17. The topological polar surface area (TPSA) is 568 Å². The molecule has 6 heterocycles. The van der Waals surface area contributed by atoms with E-state index in [-0.39, 0.29) is 141 Å². The SMILES string of the molecule is CC(C)[O-].CC(C)[O-].CC(C)[O-].CC(C)[O-].CC(C)[O-].CC(C)[O-].CC(C)[O-].CC(C)[O-].CC(C)[O-].CC(C)[O-].CC(C)[O-].CC(C)[O-].CC(C)[O-].CC(C)[O-].[O-2].[O-2].[Ti+4].[Ti+4].[Ti+4].[Ti+4].[Ti+4].[Ti+4].c1cn[n-]c1.c1cn[n-]c1.c1cn[n-]c1.c1cn[n-]c1.c1nnc[n-]1.c1nnc[n-]1. The van der Waals surface area contributed by atoms with Crippen molar-refractivity contribution in [2.75, 3.05) is 0 Å². The molecule has 6 aromatic rings. The monoisotopic (exact) mass is 1550 g/mol. The largest absolute Gasteiger partial charge is 4.00 e. The van der Waals surface area contributed by atoms with Crippen molar-refractivity contribution in [3.63, 3.8) is 0 Å². The molecule has 0 radical (unpaired) electrons. The molecule has 0 aliphatic carbocycles. The Morgan fingerprint density at radius 2 is 0.287 bits per heavy atom. The number of hydrogen-bond acceptors (Lipinski definition) is 22. The third-order valence-electron chi connectivity index (χ3n) is 2.10. The van der Waals surface area contributed by atoms with Crippen LogP contribution >= 0.6 is 0 Å². The smallest absolute Gasteiger partial charge is 2.00 e. The number of aromatic nitrogens is 14. The summed E-state index contributed by atoms with van der Waals surface area (Å²) in [6.45, 7) is 45.1. The first kappa shape index (κ1) is 156. The molecule has 0 N–H and O–H groups in total. The molecular weight excluding hydrogens is 1440 g/mol. The van der Waals surface area contributed by atoms with E-state index in [1.54, 1.807) is 268 Å². The van der Waals surface area contributed by atoms with Gasteiger partial charge in [0.2, 0.25) is 0 Å². The van der Waals surface area contributed by atoms with Crippen molar-refractivity contribution in [1.29, 1.82) is 0 Å². The van der Waals surface area contributed by atoms with Crippen LogP contribution in [0.2, 0.25) is 0 Å². The van der Waals surface area contributed by atoms with E-state index in [0.717, 1.165) is 0 Å². The van der Waals surface area contributed by atoms with Crippen LogP contribution in [0.3, 0.4) is 0 Å². The van der Waals surface area contributed by atoms with Gasteiger partial charge in [0, 0.05) is 24.8 Å². The minimum Gasteiger partial charge on any atom is -2.00 e. The van der Waals surface area contributed by atoms with Crippen LogP contribution in [0.4, 0.5) is 0 Å². The second kappa shape index (κ2) is 151. The van der Waals surface area contributed by atoms with Crippen LogP contribution in [0.1, 0.15) is 194 Å². The van der Waals surface area contributed by atoms with Gasteiger partial charge in [0.05, 0.1) is 0 Å². The van der Waals surface area contributed by atoms with Gasteiger partial charge in [0.1, 0.15) is 0 Å². The zero-order chi connectivity index (χ0) is 71.3. The van der Waals surface area contributed by atoms with Crippen LogP contribution in [0, 0.1) is 0 Å². The van der Waals surface area contributed by atoms with E-state index < -0.39 is 85.5 Å². The molecule has 0 aromatic carbocycles. The molecule has 6 rings (SSSR count). The Morgan fingerprint density at radius 3 is 0.309 bits per heavy atom. The fraction of sp³-hybridized carbons (Fsp3) is 0.724. The maximum Gasteiger partial charge on any atom is 4.00 e. The molecule has 0 saturated carbocycles. The van der Waals surface area contributed by atoms with Crippen molar-refractivity contribution in [3.05, 3.63) is 99.1 Å². The van der Waals surface area contributed by atoms with E-state index in [9.17, 15) is 71.5 Å². The molecule has 0 unspecified atom stereocenters. The molecule has 30 nitrogen and oxygen atoms in total. The van der Waals surface area contributed by atoms with Crippen LogP contribution in [0.15, 0.2) is 99.1 Å². The Hall–Kier alpha value is -1.23. The molecule has 0 fully saturated rings. The van der Waals surface area contributed by atoms with Gasteiger partial charge in [-0.3, -0.25) is 0 Å². The Morgan fingerprint density at radius 1 is 0.202 bits per heavy atom. The summed E-state index contributed by atoms with van der Waals surface area (Å²) in [5.41, 5.74) is 0. The van der Waals surface area contributed by atoms with Crippen LogP contribution in [-0.2, 0) is 141 Å². The molecule has 94 heavy (non-hydrogen) atoms. The van der Waals surface area contributed by atoms with Crippen molar-refractivity contribution < 1.29 is 213 Å². The fourth-order valence-electron chi connectivity index (χ4n) is 1.07. The normalized spacial score (nSPS) is 7.91. The standard InChI is InChI=1S/4C3H3N2.14C3H7O.2C2H2N3.2O.6Ti/c4*1-2-4-5-3-1;14*1-3(2)4;2*1-3-2-5-4-1;;;;;;;;/h4*1-3H;14*3H,1-2H3;2*1-2H;;;;;;;;/q20*-1;2*-2;6*+4. The van der Waals surface area contributed by atoms with Crippen LogP contribution in [0.5, 0.6) is 0 Å². The molecule has 0 bridgehead atoms. The van der Waals surface area contributed by atoms with Gasteiger partial charge in [-0.1, -0.05) is 218 Å². The molecule has 0 saturated heterocycles. The summed E-state index contributed by atoms with van der Waals surface area (Å²) in [4.78, 5) is 7.00. The van der Waals surface area contributed by atoms with Gasteiger partial charge < -0.3 is 154 Å². The number of nitrogens with zero attached hydrogens (tertiary/aromatic N) is 14. The van der Waals surface area contributed by atoms with Crippen molar-refractivity contribution in [3.8, 4) is 0 Å². The summed E-state index contributed by atoms with van der Waals surface area (Å²) in [5, 5.41) is 175. The zero-order valence-corrected chi connectivity index (χ0v) is 70.5. The van der Waals surface area contributed by atoms with E-state index in [1.807, 2.05) is 0 Å². The van der Waals surface area contributed by atoms with Crippen molar-refractivity contribution in [1.82, 2.24) is 71.2 Å². The Bertz CT molecular complexity index is 1140. The first-order chi connectivity index (χ1) is 39.2. The van der Waals surface area contributed by atoms with Crippen LogP contribution in [0.25, 0.3) is 0 Å². The van der Waals surface area contributed by atoms with Crippen molar-refractivity contribution in [2.45, 2.75) is 279 Å². The first-order valence-electron chi connectivity index (χ1n) is 27.5. The molecule has 0 aliphatic heterocycles. The van der Waals surface area contributed by atoms with Gasteiger partial charge in [-0.2, -0.15) is 24.8 Å². The summed E-state index contributed by atoms with van der Waals surface area (Å²) in [6, 6.07) is 7.11. The molecule has 36 heteroatoms. The minimum atomic E-state index is -0.417. The van der Waals surface area contributed by atoms with Crippen molar-refractivity contribution in [2.24, 2.45) is 0 Å². The number of rotatable bonds is 0. The summed E-state index contributed by atoms with van der Waals surface area (Å²) in [7, 11) is 0. The summed E-state index contributed by atoms with van der Waals surface area (Å²) in [6.07, 6.45) is 12.8. The van der Waals surface area contributed by atoms with E-state index >= 15 is 0 Å². The maximum atomic E-state index is 9.53. The predicted molar refractivity (Wildman–Crippen MR) is 314 cm³/mol. The minimum absolute atomic E-state index is 0. The molecule has 6 aromatic heterocycles. The molecule has 0 atom stereocenters. The second-order valence-corrected chi connectivity index (χ2v) is 18.8. The fourth-order valence-corrected chi connectivity index (χ4v) is 1.07. The number of hydrogen-bond donors (Lipinski definition) is 0. The van der Waals surface area contributed by atoms with Gasteiger partial charge in [-0.25, -0.2) is 0 Å². The second-order valence-electron chi connectivity index (χ2n) is 18.8. The molecule has 0 aliphatic rings. The van der Waals surface area contributed by atoms with Crippen LogP contribution in [-0.4, -0.2) is 126 Å². The first-order valence-corrected chi connectivity index (χ1v) is 27.5. The van der Waals surface area contributed by atoms with Gasteiger partial charge in [0.15, 0.2) is 0 Å². The predicted octanol–water partition coefficient (Wildman–Crippen LogP) is -4.66. The third-order valence-corrected chi connectivity index (χ3v) is 2.10. The van der Waals surface area contributed by atoms with E-state index in [2.05, 4.69) is 71.2 Å². The quantitative estimate of drug-likeness (QED) is 0.129. The van der Waals surface area contributed by atoms with Gasteiger partial charge in [-0.15, -0.1) is 85.5 Å². The van der Waals surface area contributed by atoms with Gasteiger partial charge in [-0.05, 0) is 25.3 Å². The summed E-state index contributed by atoms with van der Waals surface area (Å²) in [5.74, 6) is 0. The maximum absolute atomic E-state index is 9.53. The Labute approximate surface area is 656 Å². The molecule has 0 amide bonds. The average molecular weight is 1550 g/mol. The summed E-state index contributed by atoms with van der Waals surface area (Å²) >= 11 is 0. The Balaban J connectivity index is -0.0000000289. The summed E-state index contributed by atoms with van der Waals surface area (Å²) < 4.78 is 0.